The van der Waals surface area contributed by atoms with Gasteiger partial charge in [0.25, 0.3) is 0 Å². The normalized spacial score (nSPS) is 11.9. The van der Waals surface area contributed by atoms with E-state index in [0.717, 1.165) is 10.4 Å². The summed E-state index contributed by atoms with van der Waals surface area (Å²) in [5.41, 5.74) is 0.831. The average molecular weight is 463 g/mol. The molecule has 10 heteroatoms. The molecule has 0 bridgehead atoms. The molecular weight excluding hydrogens is 436 g/mol. The molecule has 0 atom stereocenters. The molecule has 2 heterocycles. The summed E-state index contributed by atoms with van der Waals surface area (Å²) >= 11 is 1.54. The Morgan fingerprint density at radius 3 is 2.61 bits per heavy atom. The number of hydrogen-bond donors (Lipinski definition) is 1. The predicted molar refractivity (Wildman–Crippen MR) is 119 cm³/mol. The minimum absolute atomic E-state index is 0.0887. The summed E-state index contributed by atoms with van der Waals surface area (Å²) in [4.78, 5) is 17.6. The van der Waals surface area contributed by atoms with Gasteiger partial charge in [-0.05, 0) is 49.4 Å². The number of rotatable bonds is 10. The van der Waals surface area contributed by atoms with Gasteiger partial charge in [-0.15, -0.1) is 11.3 Å². The van der Waals surface area contributed by atoms with Crippen molar-refractivity contribution >= 4 is 27.3 Å². The van der Waals surface area contributed by atoms with Gasteiger partial charge in [-0.2, -0.15) is 9.29 Å². The lowest BCUT2D eigenvalue weighted by Gasteiger charge is -2.21. The minimum atomic E-state index is -3.51. The van der Waals surface area contributed by atoms with E-state index in [1.54, 1.807) is 42.6 Å². The molecule has 0 fully saturated rings. The molecule has 0 aliphatic rings. The Morgan fingerprint density at radius 2 is 1.97 bits per heavy atom. The van der Waals surface area contributed by atoms with Crippen LogP contribution in [0.25, 0.3) is 10.7 Å². The van der Waals surface area contributed by atoms with E-state index in [1.165, 1.54) is 4.31 Å². The van der Waals surface area contributed by atoms with Crippen LogP contribution in [-0.4, -0.2) is 41.9 Å². The number of aromatic nitrogens is 2. The number of sulfonamides is 1. The molecule has 0 saturated heterocycles. The van der Waals surface area contributed by atoms with Crippen LogP contribution in [0.5, 0.6) is 0 Å². The first-order valence-corrected chi connectivity index (χ1v) is 12.3. The maximum absolute atomic E-state index is 12.5. The Bertz CT molecular complexity index is 1090. The molecule has 166 valence electrons. The van der Waals surface area contributed by atoms with Crippen LogP contribution in [0.15, 0.2) is 51.2 Å². The van der Waals surface area contributed by atoms with Crippen molar-refractivity contribution in [3.05, 3.63) is 53.2 Å². The summed E-state index contributed by atoms with van der Waals surface area (Å²) in [7, 11) is -1.95. The van der Waals surface area contributed by atoms with E-state index in [1.807, 2.05) is 31.4 Å². The molecule has 0 aliphatic heterocycles. The Kier molecular flexibility index (Phi) is 7.58. The Labute approximate surface area is 186 Å². The molecular formula is C21H26N4O4S2. The fourth-order valence-electron chi connectivity index (χ4n) is 2.77. The number of thiophene rings is 1. The summed E-state index contributed by atoms with van der Waals surface area (Å²) in [5, 5.41) is 8.75. The van der Waals surface area contributed by atoms with Gasteiger partial charge in [0, 0.05) is 32.5 Å². The number of carbonyl (C=O) groups excluding carboxylic acids is 1. The first kappa shape index (κ1) is 23.1. The number of hydrogen-bond acceptors (Lipinski definition) is 7. The van der Waals surface area contributed by atoms with Gasteiger partial charge >= 0.3 is 0 Å². The quantitative estimate of drug-likeness (QED) is 0.495. The number of aryl methyl sites for hydroxylation is 1. The number of nitrogens with one attached hydrogen (secondary N) is 1. The van der Waals surface area contributed by atoms with E-state index >= 15 is 0 Å². The third-order valence-electron chi connectivity index (χ3n) is 4.82. The summed E-state index contributed by atoms with van der Waals surface area (Å²) < 4.78 is 31.5. The Hall–Kier alpha value is -2.56. The molecule has 1 aromatic carbocycles. The second-order valence-corrected chi connectivity index (χ2v) is 10.3. The summed E-state index contributed by atoms with van der Waals surface area (Å²) in [6.07, 6.45) is 1.46. The van der Waals surface area contributed by atoms with Gasteiger partial charge in [-0.1, -0.05) is 23.4 Å². The van der Waals surface area contributed by atoms with E-state index in [2.05, 4.69) is 15.5 Å². The van der Waals surface area contributed by atoms with Crippen LogP contribution >= 0.6 is 11.3 Å². The lowest BCUT2D eigenvalue weighted by molar-refractivity contribution is -0.121. The standard InChI is InChI=1S/C21H26N4O4S2/c1-15(2)25(3)31(27,28)17-11-9-16(10-12-17)14-22-19(26)7-4-8-20-23-21(24-29-20)18-6-5-13-30-18/h5-6,9-13,15H,4,7-8,14H2,1-3H3,(H,22,26). The smallest absolute Gasteiger partial charge is 0.243 e. The summed E-state index contributed by atoms with van der Waals surface area (Å²) in [6, 6.07) is 10.3. The topological polar surface area (TPSA) is 105 Å². The van der Waals surface area contributed by atoms with Gasteiger partial charge in [0.2, 0.25) is 27.6 Å². The fourth-order valence-corrected chi connectivity index (χ4v) is 4.79. The van der Waals surface area contributed by atoms with Gasteiger partial charge in [-0.25, -0.2) is 8.42 Å². The molecule has 0 unspecified atom stereocenters. The van der Waals surface area contributed by atoms with Crippen LogP contribution in [-0.2, 0) is 27.8 Å². The third-order valence-corrected chi connectivity index (χ3v) is 7.73. The minimum Gasteiger partial charge on any atom is -0.352 e. The van der Waals surface area contributed by atoms with Crippen molar-refractivity contribution in [1.82, 2.24) is 19.8 Å². The number of amides is 1. The highest BCUT2D eigenvalue weighted by molar-refractivity contribution is 7.89. The summed E-state index contributed by atoms with van der Waals surface area (Å²) in [6.45, 7) is 3.98. The second-order valence-electron chi connectivity index (χ2n) is 7.38. The second kappa shape index (κ2) is 10.2. The summed E-state index contributed by atoms with van der Waals surface area (Å²) in [5.74, 6) is 0.994. The zero-order valence-electron chi connectivity index (χ0n) is 17.7. The van der Waals surface area contributed by atoms with Crippen molar-refractivity contribution in [2.45, 2.75) is 50.6 Å². The highest BCUT2D eigenvalue weighted by atomic mass is 32.2. The van der Waals surface area contributed by atoms with Crippen molar-refractivity contribution in [1.29, 1.82) is 0 Å². The zero-order chi connectivity index (χ0) is 22.4. The molecule has 0 saturated carbocycles. The molecule has 8 nitrogen and oxygen atoms in total. The van der Waals surface area contributed by atoms with E-state index in [0.29, 0.717) is 37.5 Å². The zero-order valence-corrected chi connectivity index (χ0v) is 19.4. The largest absolute Gasteiger partial charge is 0.352 e. The van der Waals surface area contributed by atoms with Crippen LogP contribution in [0.1, 0.15) is 38.1 Å². The molecule has 3 aromatic rings. The Morgan fingerprint density at radius 1 is 1.23 bits per heavy atom. The number of nitrogens with zero attached hydrogens (tertiary/aromatic N) is 3. The van der Waals surface area contributed by atoms with Gasteiger partial charge in [0.1, 0.15) is 0 Å². The van der Waals surface area contributed by atoms with Crippen LogP contribution in [0.2, 0.25) is 0 Å². The van der Waals surface area contributed by atoms with Crippen molar-refractivity contribution in [3.63, 3.8) is 0 Å². The monoisotopic (exact) mass is 462 g/mol. The third kappa shape index (κ3) is 5.99. The molecule has 3 rings (SSSR count). The SMILES string of the molecule is CC(C)N(C)S(=O)(=O)c1ccc(CNC(=O)CCCc2nc(-c3cccs3)no2)cc1. The van der Waals surface area contributed by atoms with Gasteiger partial charge in [-0.3, -0.25) is 4.79 Å². The van der Waals surface area contributed by atoms with Crippen LogP contribution in [0, 0.1) is 0 Å². The fraction of sp³-hybridized carbons (Fsp3) is 0.381. The average Bonchev–Trinajstić information content (AvgIpc) is 3.44. The van der Waals surface area contributed by atoms with Gasteiger partial charge in [0.05, 0.1) is 9.77 Å². The lowest BCUT2D eigenvalue weighted by atomic mass is 10.2. The van der Waals surface area contributed by atoms with Crippen molar-refractivity contribution < 1.29 is 17.7 Å². The van der Waals surface area contributed by atoms with Gasteiger partial charge < -0.3 is 9.84 Å². The van der Waals surface area contributed by atoms with Crippen molar-refractivity contribution in [3.8, 4) is 10.7 Å². The van der Waals surface area contributed by atoms with E-state index in [4.69, 9.17) is 4.52 Å². The molecule has 0 aliphatic carbocycles. The molecule has 31 heavy (non-hydrogen) atoms. The van der Waals surface area contributed by atoms with Crippen LogP contribution in [0.3, 0.4) is 0 Å². The van der Waals surface area contributed by atoms with Crippen molar-refractivity contribution in [2.75, 3.05) is 7.05 Å². The van der Waals surface area contributed by atoms with E-state index in [-0.39, 0.29) is 16.8 Å². The molecule has 1 N–H and O–H groups in total. The molecule has 2 aromatic heterocycles. The van der Waals surface area contributed by atoms with Gasteiger partial charge in [0.15, 0.2) is 0 Å². The van der Waals surface area contributed by atoms with Crippen LogP contribution in [0.4, 0.5) is 0 Å². The lowest BCUT2D eigenvalue weighted by Crippen LogP contribution is -2.33. The molecule has 0 spiro atoms. The maximum atomic E-state index is 12.5. The Balaban J connectivity index is 1.43. The highest BCUT2D eigenvalue weighted by Gasteiger charge is 2.22. The van der Waals surface area contributed by atoms with Crippen LogP contribution < -0.4 is 5.32 Å². The number of carbonyl (C=O) groups is 1. The van der Waals surface area contributed by atoms with E-state index < -0.39 is 10.0 Å². The first-order chi connectivity index (χ1) is 14.8. The molecule has 1 amide bonds. The predicted octanol–water partition coefficient (Wildman–Crippen LogP) is 3.47. The maximum Gasteiger partial charge on any atom is 0.243 e. The highest BCUT2D eigenvalue weighted by Crippen LogP contribution is 2.21. The molecule has 0 radical (unpaired) electrons. The van der Waals surface area contributed by atoms with Crippen molar-refractivity contribution in [2.24, 2.45) is 0 Å². The van der Waals surface area contributed by atoms with E-state index in [9.17, 15) is 13.2 Å². The first-order valence-electron chi connectivity index (χ1n) is 9.97. The number of benzene rings is 1.